The predicted molar refractivity (Wildman–Crippen MR) is 110 cm³/mol. The first-order valence-electron chi connectivity index (χ1n) is 14.0. The molecule has 1 aliphatic heterocycles. The van der Waals surface area contributed by atoms with Crippen LogP contribution in [-0.4, -0.2) is 38.0 Å². The van der Waals surface area contributed by atoms with E-state index in [2.05, 4.69) is 0 Å². The van der Waals surface area contributed by atoms with E-state index >= 15 is 0 Å². The molecule has 2 aromatic rings. The molecule has 1 aliphatic carbocycles. The standard InChI is InChI=1S/C24H29NO3/c1-27-22-14-19-13-20(24(26)21(19)15-23(22)28-2)12-17-8-10-25(11-9-17)16-18-6-4-3-5-7-18/h3-7,14-15,17,20H,8-13,16H2,1-2H3/i3D,4D,5D,6D,7D,14D,15D,16D2. The van der Waals surface area contributed by atoms with Crippen LogP contribution >= 0.6 is 0 Å². The van der Waals surface area contributed by atoms with Crippen LogP contribution in [-0.2, 0) is 12.9 Å². The lowest BCUT2D eigenvalue weighted by molar-refractivity contribution is 0.0895. The van der Waals surface area contributed by atoms with Gasteiger partial charge in [-0.2, -0.15) is 0 Å². The average molecular weight is 389 g/mol. The number of hydrogen-bond acceptors (Lipinski definition) is 4. The number of nitrogens with zero attached hydrogens (tertiary/aromatic N) is 1. The van der Waals surface area contributed by atoms with Gasteiger partial charge in [0.05, 0.1) is 23.8 Å². The second-order valence-corrected chi connectivity index (χ2v) is 7.21. The number of piperidine rings is 1. The van der Waals surface area contributed by atoms with Crippen LogP contribution in [0.25, 0.3) is 0 Å². The minimum absolute atomic E-state index is 0.0582. The van der Waals surface area contributed by atoms with Crippen molar-refractivity contribution in [3.05, 3.63) is 59.0 Å². The number of fused-ring (bicyclic) bond motifs is 1. The molecule has 0 N–H and O–H groups in total. The first kappa shape index (κ1) is 11.0. The van der Waals surface area contributed by atoms with Gasteiger partial charge < -0.3 is 9.47 Å². The van der Waals surface area contributed by atoms with E-state index in [1.807, 2.05) is 0 Å². The normalized spacial score (nSPS) is 25.3. The SMILES string of the molecule is [2H]c1c([2H])c([2H])c(C([2H])([2H])N2CCC(CC3Cc4c([2H])c(OC)c(OC)c([2H])c4C3=O)CC2)c([2H])c1[2H]. The number of hydrogen-bond donors (Lipinski definition) is 0. The van der Waals surface area contributed by atoms with E-state index in [-0.39, 0.29) is 46.4 Å². The minimum atomic E-state index is -2.26. The summed E-state index contributed by atoms with van der Waals surface area (Å²) in [6.45, 7) is -1.67. The maximum absolute atomic E-state index is 13.2. The molecule has 2 aromatic carbocycles. The molecular weight excluding hydrogens is 350 g/mol. The first-order valence-corrected chi connectivity index (χ1v) is 9.47. The fraction of sp³-hybridized carbons (Fsp3) is 0.458. The highest BCUT2D eigenvalue weighted by molar-refractivity contribution is 6.02. The number of Topliss-reactive ketones (excluding diaryl/α,β-unsaturated/α-hetero) is 1. The molecule has 4 heteroatoms. The summed E-state index contributed by atoms with van der Waals surface area (Å²) >= 11 is 0. The molecule has 28 heavy (non-hydrogen) atoms. The maximum atomic E-state index is 13.2. The van der Waals surface area contributed by atoms with E-state index in [0.717, 1.165) is 0 Å². The Morgan fingerprint density at radius 2 is 1.79 bits per heavy atom. The van der Waals surface area contributed by atoms with Gasteiger partial charge in [-0.1, -0.05) is 30.2 Å². The van der Waals surface area contributed by atoms with E-state index in [4.69, 9.17) is 21.8 Å². The zero-order valence-corrected chi connectivity index (χ0v) is 16.1. The van der Waals surface area contributed by atoms with Crippen LogP contribution in [0.3, 0.4) is 0 Å². The van der Waals surface area contributed by atoms with Gasteiger partial charge >= 0.3 is 0 Å². The lowest BCUT2D eigenvalue weighted by Crippen LogP contribution is -2.34. The molecule has 1 heterocycles. The van der Waals surface area contributed by atoms with E-state index in [1.54, 1.807) is 0 Å². The molecule has 0 amide bonds. The number of likely N-dealkylation sites (tertiary alicyclic amines) is 1. The summed E-state index contributed by atoms with van der Waals surface area (Å²) in [5.41, 5.74) is 0.336. The summed E-state index contributed by atoms with van der Waals surface area (Å²) in [6, 6.07) is -2.79. The smallest absolute Gasteiger partial charge is 0.166 e. The molecule has 0 bridgehead atoms. The Hall–Kier alpha value is -2.33. The second kappa shape index (κ2) is 8.36. The van der Waals surface area contributed by atoms with E-state index in [9.17, 15) is 4.79 Å². The van der Waals surface area contributed by atoms with Crippen molar-refractivity contribution in [1.29, 1.82) is 0 Å². The fourth-order valence-electron chi connectivity index (χ4n) is 4.03. The van der Waals surface area contributed by atoms with Gasteiger partial charge in [-0.05, 0) is 67.9 Å². The Kier molecular flexibility index (Phi) is 3.29. The number of methoxy groups -OCH3 is 2. The van der Waals surface area contributed by atoms with Gasteiger partial charge in [-0.3, -0.25) is 9.69 Å². The van der Waals surface area contributed by atoms with Crippen molar-refractivity contribution in [1.82, 2.24) is 4.90 Å². The third kappa shape index (κ3) is 3.93. The summed E-state index contributed by atoms with van der Waals surface area (Å²) in [6.07, 6.45) is 1.99. The molecule has 0 spiro atoms. The van der Waals surface area contributed by atoms with Crippen LogP contribution in [0.1, 0.15) is 53.1 Å². The van der Waals surface area contributed by atoms with E-state index in [0.29, 0.717) is 44.3 Å². The summed E-state index contributed by atoms with van der Waals surface area (Å²) < 4.78 is 84.5. The quantitative estimate of drug-likeness (QED) is 0.737. The van der Waals surface area contributed by atoms with Crippen molar-refractivity contribution < 1.29 is 26.6 Å². The first-order chi connectivity index (χ1) is 17.4. The van der Waals surface area contributed by atoms with Crippen molar-refractivity contribution in [3.8, 4) is 11.5 Å². The predicted octanol–water partition coefficient (Wildman–Crippen LogP) is 4.36. The van der Waals surface area contributed by atoms with Crippen molar-refractivity contribution >= 4 is 5.78 Å². The third-order valence-corrected chi connectivity index (χ3v) is 5.49. The van der Waals surface area contributed by atoms with Gasteiger partial charge in [0.15, 0.2) is 17.3 Å². The molecule has 1 unspecified atom stereocenters. The number of ether oxygens (including phenoxy) is 2. The van der Waals surface area contributed by atoms with Gasteiger partial charge in [0, 0.05) is 20.7 Å². The molecule has 4 nitrogen and oxygen atoms in total. The Bertz CT molecular complexity index is 1230. The van der Waals surface area contributed by atoms with Crippen LogP contribution in [0.4, 0.5) is 0 Å². The molecule has 1 saturated heterocycles. The summed E-state index contributed by atoms with van der Waals surface area (Å²) in [5, 5.41) is 0. The number of ketones is 1. The topological polar surface area (TPSA) is 38.8 Å². The van der Waals surface area contributed by atoms with Gasteiger partial charge in [-0.15, -0.1) is 0 Å². The molecule has 1 atom stereocenters. The van der Waals surface area contributed by atoms with Crippen LogP contribution in [0.2, 0.25) is 0 Å². The molecule has 0 radical (unpaired) electrons. The van der Waals surface area contributed by atoms with E-state index < -0.39 is 42.6 Å². The van der Waals surface area contributed by atoms with Crippen LogP contribution in [0.15, 0.2) is 42.3 Å². The molecule has 1 fully saturated rings. The monoisotopic (exact) mass is 388 g/mol. The Labute approximate surface area is 180 Å². The van der Waals surface area contributed by atoms with Crippen LogP contribution in [0.5, 0.6) is 11.5 Å². The number of rotatable bonds is 6. The molecular formula is C24H29NO3. The molecule has 148 valence electrons. The summed E-state index contributed by atoms with van der Waals surface area (Å²) in [4.78, 5) is 14.7. The number of benzene rings is 2. The van der Waals surface area contributed by atoms with Crippen LogP contribution in [0, 0.1) is 11.8 Å². The van der Waals surface area contributed by atoms with Crippen molar-refractivity contribution in [3.63, 3.8) is 0 Å². The Balaban J connectivity index is 1.49. The van der Waals surface area contributed by atoms with E-state index in [1.165, 1.54) is 19.1 Å². The van der Waals surface area contributed by atoms with Crippen molar-refractivity contribution in [2.75, 3.05) is 27.3 Å². The number of carbonyl (C=O) groups excluding carboxylic acids is 1. The highest BCUT2D eigenvalue weighted by Gasteiger charge is 2.34. The number of carbonyl (C=O) groups is 1. The molecule has 0 saturated carbocycles. The summed E-state index contributed by atoms with van der Waals surface area (Å²) in [5.74, 6) is -0.269. The lowest BCUT2D eigenvalue weighted by Gasteiger charge is -2.32. The highest BCUT2D eigenvalue weighted by atomic mass is 16.5. The fourth-order valence-corrected chi connectivity index (χ4v) is 4.03. The molecule has 2 aliphatic rings. The Morgan fingerprint density at radius 3 is 2.46 bits per heavy atom. The van der Waals surface area contributed by atoms with Gasteiger partial charge in [0.2, 0.25) is 0 Å². The zero-order valence-electron chi connectivity index (χ0n) is 25.1. The van der Waals surface area contributed by atoms with Crippen molar-refractivity contribution in [2.45, 2.75) is 32.2 Å². The molecule has 4 rings (SSSR count). The highest BCUT2D eigenvalue weighted by Crippen LogP contribution is 2.39. The van der Waals surface area contributed by atoms with Gasteiger partial charge in [0.1, 0.15) is 0 Å². The lowest BCUT2D eigenvalue weighted by atomic mass is 9.85. The van der Waals surface area contributed by atoms with Crippen molar-refractivity contribution in [2.24, 2.45) is 11.8 Å². The summed E-state index contributed by atoms with van der Waals surface area (Å²) in [7, 11) is 2.77. The van der Waals surface area contributed by atoms with Gasteiger partial charge in [0.25, 0.3) is 0 Å². The second-order valence-electron chi connectivity index (χ2n) is 7.21. The maximum Gasteiger partial charge on any atom is 0.166 e. The largest absolute Gasteiger partial charge is 0.493 e. The third-order valence-electron chi connectivity index (χ3n) is 5.49. The minimum Gasteiger partial charge on any atom is -0.493 e. The zero-order chi connectivity index (χ0) is 27.4. The van der Waals surface area contributed by atoms with Gasteiger partial charge in [-0.25, -0.2) is 0 Å². The van der Waals surface area contributed by atoms with Crippen LogP contribution < -0.4 is 9.47 Å². The average Bonchev–Trinajstić information content (AvgIpc) is 3.20. The Morgan fingerprint density at radius 1 is 1.11 bits per heavy atom. The molecule has 0 aromatic heterocycles.